The molecule has 2 rings (SSSR count). The zero-order valence-corrected chi connectivity index (χ0v) is 8.05. The fourth-order valence-corrected chi connectivity index (χ4v) is 1.56. The van der Waals surface area contributed by atoms with E-state index in [1.165, 1.54) is 6.07 Å². The second kappa shape index (κ2) is 3.66. The maximum Gasteiger partial charge on any atom is 0.123 e. The first-order chi connectivity index (χ1) is 6.81. The minimum absolute atomic E-state index is 0.182. The van der Waals surface area contributed by atoms with Crippen molar-refractivity contribution in [2.45, 2.75) is 13.3 Å². The molecule has 1 nitrogen and oxygen atoms in total. The van der Waals surface area contributed by atoms with E-state index in [2.05, 4.69) is 11.1 Å². The molecular weight excluding hydrogens is 177 g/mol. The van der Waals surface area contributed by atoms with Crippen molar-refractivity contribution in [3.05, 3.63) is 47.9 Å². The summed E-state index contributed by atoms with van der Waals surface area (Å²) >= 11 is 0. The molecule has 0 spiro atoms. The number of aromatic nitrogens is 1. The van der Waals surface area contributed by atoms with Crippen molar-refractivity contribution in [2.24, 2.45) is 0 Å². The molecule has 0 aliphatic carbocycles. The smallest absolute Gasteiger partial charge is 0.123 e. The Morgan fingerprint density at radius 1 is 1.43 bits per heavy atom. The van der Waals surface area contributed by atoms with Gasteiger partial charge in [-0.05, 0) is 37.1 Å². The van der Waals surface area contributed by atoms with Crippen LogP contribution in [-0.2, 0) is 6.42 Å². The van der Waals surface area contributed by atoms with Crippen molar-refractivity contribution < 1.29 is 4.39 Å². The fourth-order valence-electron chi connectivity index (χ4n) is 1.56. The third-order valence-electron chi connectivity index (χ3n) is 2.30. The lowest BCUT2D eigenvalue weighted by molar-refractivity contribution is 0.629. The highest BCUT2D eigenvalue weighted by Gasteiger charge is 2.02. The minimum Gasteiger partial charge on any atom is -0.361 e. The maximum absolute atomic E-state index is 13.0. The molecule has 0 saturated heterocycles. The molecule has 0 aliphatic rings. The standard InChI is InChI=1S/C12H12FN/c1-2-3-4-9-8-14-12-6-5-10(13)7-11(9)12/h2-3,5-8,14H,4H2,1H3. The minimum atomic E-state index is -0.182. The highest BCUT2D eigenvalue weighted by atomic mass is 19.1. The molecule has 0 radical (unpaired) electrons. The average Bonchev–Trinajstić information content (AvgIpc) is 2.57. The van der Waals surface area contributed by atoms with Gasteiger partial charge in [-0.3, -0.25) is 0 Å². The molecule has 0 saturated carbocycles. The lowest BCUT2D eigenvalue weighted by Gasteiger charge is -1.94. The van der Waals surface area contributed by atoms with Crippen LogP contribution in [0.25, 0.3) is 10.9 Å². The fraction of sp³-hybridized carbons (Fsp3) is 0.167. The molecule has 1 aromatic carbocycles. The number of aromatic amines is 1. The summed E-state index contributed by atoms with van der Waals surface area (Å²) in [7, 11) is 0. The van der Waals surface area contributed by atoms with Crippen LogP contribution >= 0.6 is 0 Å². The van der Waals surface area contributed by atoms with Gasteiger partial charge in [-0.15, -0.1) is 0 Å². The Bertz CT molecular complexity index is 468. The van der Waals surface area contributed by atoms with Gasteiger partial charge in [0, 0.05) is 17.1 Å². The number of H-pyrrole nitrogens is 1. The summed E-state index contributed by atoms with van der Waals surface area (Å²) in [4.78, 5) is 3.12. The number of allylic oxidation sites excluding steroid dienone is 2. The van der Waals surface area contributed by atoms with Gasteiger partial charge in [0.25, 0.3) is 0 Å². The Hall–Kier alpha value is -1.57. The summed E-state index contributed by atoms with van der Waals surface area (Å²) in [6.07, 6.45) is 6.84. The molecule has 1 heterocycles. The van der Waals surface area contributed by atoms with Crippen LogP contribution in [0.15, 0.2) is 36.5 Å². The van der Waals surface area contributed by atoms with Gasteiger partial charge in [-0.1, -0.05) is 12.2 Å². The zero-order chi connectivity index (χ0) is 9.97. The molecular formula is C12H12FN. The maximum atomic E-state index is 13.0. The largest absolute Gasteiger partial charge is 0.361 e. The quantitative estimate of drug-likeness (QED) is 0.697. The van der Waals surface area contributed by atoms with Gasteiger partial charge in [0.05, 0.1) is 0 Å². The van der Waals surface area contributed by atoms with Gasteiger partial charge in [0.2, 0.25) is 0 Å². The number of halogens is 1. The summed E-state index contributed by atoms with van der Waals surface area (Å²) in [6, 6.07) is 4.81. The van der Waals surface area contributed by atoms with E-state index < -0.39 is 0 Å². The van der Waals surface area contributed by atoms with Gasteiger partial charge in [0.15, 0.2) is 0 Å². The molecule has 0 fully saturated rings. The van der Waals surface area contributed by atoms with Crippen molar-refractivity contribution in [2.75, 3.05) is 0 Å². The molecule has 0 aliphatic heterocycles. The van der Waals surface area contributed by atoms with E-state index in [4.69, 9.17) is 0 Å². The number of nitrogens with one attached hydrogen (secondary N) is 1. The van der Waals surface area contributed by atoms with Crippen LogP contribution in [0.2, 0.25) is 0 Å². The number of rotatable bonds is 2. The molecule has 14 heavy (non-hydrogen) atoms. The summed E-state index contributed by atoms with van der Waals surface area (Å²) in [5.41, 5.74) is 2.13. The van der Waals surface area contributed by atoms with E-state index in [-0.39, 0.29) is 5.82 Å². The third-order valence-corrected chi connectivity index (χ3v) is 2.30. The van der Waals surface area contributed by atoms with Crippen molar-refractivity contribution in [1.29, 1.82) is 0 Å². The van der Waals surface area contributed by atoms with Crippen molar-refractivity contribution in [3.8, 4) is 0 Å². The molecule has 0 bridgehead atoms. The number of fused-ring (bicyclic) bond motifs is 1. The lowest BCUT2D eigenvalue weighted by Crippen LogP contribution is -1.78. The molecule has 2 aromatic rings. The Morgan fingerprint density at radius 2 is 2.29 bits per heavy atom. The Kier molecular flexibility index (Phi) is 2.35. The highest BCUT2D eigenvalue weighted by Crippen LogP contribution is 2.19. The van der Waals surface area contributed by atoms with E-state index in [1.807, 2.05) is 19.2 Å². The van der Waals surface area contributed by atoms with Crippen LogP contribution in [0.5, 0.6) is 0 Å². The van der Waals surface area contributed by atoms with Gasteiger partial charge in [-0.2, -0.15) is 0 Å². The second-order valence-corrected chi connectivity index (χ2v) is 3.28. The van der Waals surface area contributed by atoms with E-state index >= 15 is 0 Å². The molecule has 2 heteroatoms. The normalized spacial score (nSPS) is 11.6. The van der Waals surface area contributed by atoms with Crippen LogP contribution in [0, 0.1) is 5.82 Å². The first-order valence-corrected chi connectivity index (χ1v) is 4.68. The van der Waals surface area contributed by atoms with Gasteiger partial charge >= 0.3 is 0 Å². The van der Waals surface area contributed by atoms with Crippen LogP contribution in [0.4, 0.5) is 4.39 Å². The van der Waals surface area contributed by atoms with Crippen LogP contribution in [0.1, 0.15) is 12.5 Å². The summed E-state index contributed by atoms with van der Waals surface area (Å²) in [6.45, 7) is 1.98. The molecule has 0 unspecified atom stereocenters. The van der Waals surface area contributed by atoms with E-state index in [0.29, 0.717) is 0 Å². The van der Waals surface area contributed by atoms with E-state index in [1.54, 1.807) is 12.1 Å². The van der Waals surface area contributed by atoms with E-state index in [9.17, 15) is 4.39 Å². The van der Waals surface area contributed by atoms with Crippen LogP contribution < -0.4 is 0 Å². The number of hydrogen-bond acceptors (Lipinski definition) is 0. The highest BCUT2D eigenvalue weighted by molar-refractivity contribution is 5.83. The predicted molar refractivity (Wildman–Crippen MR) is 56.8 cm³/mol. The Balaban J connectivity index is 2.49. The van der Waals surface area contributed by atoms with Crippen molar-refractivity contribution in [1.82, 2.24) is 4.98 Å². The molecule has 1 aromatic heterocycles. The zero-order valence-electron chi connectivity index (χ0n) is 8.05. The van der Waals surface area contributed by atoms with Crippen LogP contribution in [0.3, 0.4) is 0 Å². The number of benzene rings is 1. The predicted octanol–water partition coefficient (Wildman–Crippen LogP) is 3.43. The first kappa shape index (κ1) is 9.00. The average molecular weight is 189 g/mol. The summed E-state index contributed by atoms with van der Waals surface area (Å²) in [5, 5.41) is 0.975. The van der Waals surface area contributed by atoms with Crippen molar-refractivity contribution in [3.63, 3.8) is 0 Å². The first-order valence-electron chi connectivity index (χ1n) is 4.68. The lowest BCUT2D eigenvalue weighted by atomic mass is 10.1. The molecule has 0 amide bonds. The SMILES string of the molecule is CC=CCc1c[nH]c2ccc(F)cc12. The summed E-state index contributed by atoms with van der Waals surface area (Å²) < 4.78 is 13.0. The topological polar surface area (TPSA) is 15.8 Å². The monoisotopic (exact) mass is 189 g/mol. The van der Waals surface area contributed by atoms with Gasteiger partial charge < -0.3 is 4.98 Å². The van der Waals surface area contributed by atoms with E-state index in [0.717, 1.165) is 22.9 Å². The second-order valence-electron chi connectivity index (χ2n) is 3.28. The number of hydrogen-bond donors (Lipinski definition) is 1. The molecule has 0 atom stereocenters. The molecule has 72 valence electrons. The van der Waals surface area contributed by atoms with Crippen LogP contribution in [-0.4, -0.2) is 4.98 Å². The van der Waals surface area contributed by atoms with Gasteiger partial charge in [-0.25, -0.2) is 4.39 Å². The molecule has 1 N–H and O–H groups in total. The van der Waals surface area contributed by atoms with Gasteiger partial charge in [0.1, 0.15) is 5.82 Å². The Labute approximate surface area is 82.3 Å². The van der Waals surface area contributed by atoms with Crippen molar-refractivity contribution >= 4 is 10.9 Å². The summed E-state index contributed by atoms with van der Waals surface area (Å²) in [5.74, 6) is -0.182. The third kappa shape index (κ3) is 1.55. The Morgan fingerprint density at radius 3 is 3.07 bits per heavy atom.